The van der Waals surface area contributed by atoms with E-state index < -0.39 is 17.3 Å². The number of aromatic carboxylic acids is 1. The summed E-state index contributed by atoms with van der Waals surface area (Å²) in [6, 6.07) is 2.19. The van der Waals surface area contributed by atoms with E-state index in [2.05, 4.69) is 0 Å². The van der Waals surface area contributed by atoms with Gasteiger partial charge in [-0.15, -0.1) is 0 Å². The van der Waals surface area contributed by atoms with Gasteiger partial charge in [0.15, 0.2) is 0 Å². The fourth-order valence-electron chi connectivity index (χ4n) is 2.26. The molecular weight excluding hydrogens is 267 g/mol. The zero-order valence-electron chi connectivity index (χ0n) is 11.0. The Bertz CT molecular complexity index is 523. The van der Waals surface area contributed by atoms with E-state index in [4.69, 9.17) is 20.7 Å². The van der Waals surface area contributed by atoms with Gasteiger partial charge in [0.1, 0.15) is 5.82 Å². The van der Waals surface area contributed by atoms with Gasteiger partial charge in [-0.1, -0.05) is 0 Å². The van der Waals surface area contributed by atoms with Crippen molar-refractivity contribution < 1.29 is 24.1 Å². The lowest BCUT2D eigenvalue weighted by molar-refractivity contribution is -0.0103. The number of aliphatic hydroxyl groups is 1. The highest BCUT2D eigenvalue weighted by molar-refractivity contribution is 5.91. The Kier molecular flexibility index (Phi) is 4.10. The van der Waals surface area contributed by atoms with E-state index in [1.807, 2.05) is 11.8 Å². The van der Waals surface area contributed by atoms with E-state index in [-0.39, 0.29) is 24.4 Å². The molecule has 2 unspecified atom stereocenters. The van der Waals surface area contributed by atoms with E-state index in [9.17, 15) is 9.18 Å². The number of anilines is 2. The molecular formula is C13H17FN2O4. The molecule has 2 atom stereocenters. The standard InChI is InChI=1S/C13H17FN2O4/c1-7-6-20-8(5-17)4-16(7)12-3-10(14)9(13(18)19)2-11(12)15/h2-3,7-8,17H,4-6,15H2,1H3,(H,18,19). The number of ether oxygens (including phenoxy) is 1. The summed E-state index contributed by atoms with van der Waals surface area (Å²) in [6.45, 7) is 2.50. The van der Waals surface area contributed by atoms with Crippen molar-refractivity contribution in [3.05, 3.63) is 23.5 Å². The van der Waals surface area contributed by atoms with Crippen LogP contribution in [0, 0.1) is 5.82 Å². The van der Waals surface area contributed by atoms with Gasteiger partial charge in [0, 0.05) is 18.7 Å². The SMILES string of the molecule is CC1COC(CO)CN1c1cc(F)c(C(=O)O)cc1N. The smallest absolute Gasteiger partial charge is 0.338 e. The van der Waals surface area contributed by atoms with Gasteiger partial charge in [0.25, 0.3) is 0 Å². The number of hydrogen-bond acceptors (Lipinski definition) is 5. The van der Waals surface area contributed by atoms with Gasteiger partial charge in [-0.2, -0.15) is 0 Å². The quantitative estimate of drug-likeness (QED) is 0.707. The van der Waals surface area contributed by atoms with Crippen LogP contribution in [-0.2, 0) is 4.74 Å². The van der Waals surface area contributed by atoms with Crippen LogP contribution in [0.3, 0.4) is 0 Å². The highest BCUT2D eigenvalue weighted by atomic mass is 19.1. The second-order valence-corrected chi connectivity index (χ2v) is 4.84. The maximum Gasteiger partial charge on any atom is 0.338 e. The Morgan fingerprint density at radius 3 is 2.90 bits per heavy atom. The van der Waals surface area contributed by atoms with Crippen LogP contribution < -0.4 is 10.6 Å². The molecule has 1 aromatic carbocycles. The first-order valence-corrected chi connectivity index (χ1v) is 6.25. The lowest BCUT2D eigenvalue weighted by atomic mass is 10.1. The number of benzene rings is 1. The van der Waals surface area contributed by atoms with Crippen molar-refractivity contribution in [1.82, 2.24) is 0 Å². The van der Waals surface area contributed by atoms with Crippen molar-refractivity contribution in [2.24, 2.45) is 0 Å². The number of rotatable bonds is 3. The Balaban J connectivity index is 2.36. The number of nitrogens with two attached hydrogens (primary N) is 1. The first-order valence-electron chi connectivity index (χ1n) is 6.25. The van der Waals surface area contributed by atoms with Gasteiger partial charge >= 0.3 is 5.97 Å². The molecule has 1 aromatic rings. The minimum Gasteiger partial charge on any atom is -0.478 e. The molecule has 1 fully saturated rings. The summed E-state index contributed by atoms with van der Waals surface area (Å²) in [5, 5.41) is 18.0. The molecule has 0 saturated carbocycles. The van der Waals surface area contributed by atoms with Gasteiger partial charge in [-0.05, 0) is 13.0 Å². The second-order valence-electron chi connectivity index (χ2n) is 4.84. The molecule has 0 spiro atoms. The molecule has 0 bridgehead atoms. The van der Waals surface area contributed by atoms with Crippen LogP contribution in [0.1, 0.15) is 17.3 Å². The molecule has 0 aliphatic carbocycles. The number of carbonyl (C=O) groups is 1. The predicted molar refractivity (Wildman–Crippen MR) is 71.4 cm³/mol. The summed E-state index contributed by atoms with van der Waals surface area (Å²) in [7, 11) is 0. The van der Waals surface area contributed by atoms with Gasteiger partial charge in [-0.3, -0.25) is 0 Å². The topological polar surface area (TPSA) is 96.0 Å². The third kappa shape index (κ3) is 2.68. The number of hydrogen-bond donors (Lipinski definition) is 3. The summed E-state index contributed by atoms with van der Waals surface area (Å²) < 4.78 is 19.2. The zero-order chi connectivity index (χ0) is 14.9. The lowest BCUT2D eigenvalue weighted by Crippen LogP contribution is -2.49. The average Bonchev–Trinajstić information content (AvgIpc) is 2.41. The second kappa shape index (κ2) is 5.64. The fourth-order valence-corrected chi connectivity index (χ4v) is 2.26. The molecule has 0 radical (unpaired) electrons. The Hall–Kier alpha value is -1.86. The number of nitrogens with zero attached hydrogens (tertiary/aromatic N) is 1. The molecule has 1 aliphatic rings. The van der Waals surface area contributed by atoms with Crippen LogP contribution in [0.25, 0.3) is 0 Å². The monoisotopic (exact) mass is 284 g/mol. The summed E-state index contributed by atoms with van der Waals surface area (Å²) in [5.41, 5.74) is 5.99. The molecule has 1 heterocycles. The summed E-state index contributed by atoms with van der Waals surface area (Å²) in [5.74, 6) is -2.19. The Labute approximate surface area is 115 Å². The van der Waals surface area contributed by atoms with Gasteiger partial charge in [0.05, 0.1) is 36.3 Å². The molecule has 0 aromatic heterocycles. The van der Waals surface area contributed by atoms with Crippen LogP contribution in [0.2, 0.25) is 0 Å². The number of carboxylic acids is 1. The van der Waals surface area contributed by atoms with Crippen LogP contribution in [0.4, 0.5) is 15.8 Å². The number of carboxylic acid groups (broad SMARTS) is 1. The van der Waals surface area contributed by atoms with Crippen molar-refractivity contribution in [3.8, 4) is 0 Å². The average molecular weight is 284 g/mol. The maximum atomic E-state index is 13.8. The van der Waals surface area contributed by atoms with Crippen molar-refractivity contribution in [2.45, 2.75) is 19.1 Å². The summed E-state index contributed by atoms with van der Waals surface area (Å²) in [4.78, 5) is 12.7. The van der Waals surface area contributed by atoms with E-state index in [0.717, 1.165) is 12.1 Å². The van der Waals surface area contributed by atoms with Crippen molar-refractivity contribution in [1.29, 1.82) is 0 Å². The fraction of sp³-hybridized carbons (Fsp3) is 0.462. The maximum absolute atomic E-state index is 13.8. The molecule has 7 heteroatoms. The van der Waals surface area contributed by atoms with Crippen molar-refractivity contribution >= 4 is 17.3 Å². The van der Waals surface area contributed by atoms with Crippen molar-refractivity contribution in [2.75, 3.05) is 30.4 Å². The van der Waals surface area contributed by atoms with E-state index in [1.165, 1.54) is 0 Å². The number of halogens is 1. The van der Waals surface area contributed by atoms with Gasteiger partial charge in [-0.25, -0.2) is 9.18 Å². The first kappa shape index (κ1) is 14.5. The Morgan fingerprint density at radius 1 is 1.60 bits per heavy atom. The van der Waals surface area contributed by atoms with Gasteiger partial charge in [0.2, 0.25) is 0 Å². The van der Waals surface area contributed by atoms with Crippen LogP contribution in [-0.4, -0.2) is 48.1 Å². The molecule has 2 rings (SSSR count). The minimum atomic E-state index is -1.36. The highest BCUT2D eigenvalue weighted by Crippen LogP contribution is 2.30. The molecule has 0 amide bonds. The minimum absolute atomic E-state index is 0.0461. The molecule has 6 nitrogen and oxygen atoms in total. The van der Waals surface area contributed by atoms with E-state index in [0.29, 0.717) is 18.8 Å². The largest absolute Gasteiger partial charge is 0.478 e. The molecule has 1 aliphatic heterocycles. The third-order valence-electron chi connectivity index (χ3n) is 3.37. The Morgan fingerprint density at radius 2 is 2.30 bits per heavy atom. The summed E-state index contributed by atoms with van der Waals surface area (Å²) >= 11 is 0. The van der Waals surface area contributed by atoms with Crippen LogP contribution in [0.5, 0.6) is 0 Å². The number of morpholine rings is 1. The number of nitrogen functional groups attached to an aromatic ring is 1. The van der Waals surface area contributed by atoms with Crippen LogP contribution >= 0.6 is 0 Å². The van der Waals surface area contributed by atoms with Crippen LogP contribution in [0.15, 0.2) is 12.1 Å². The van der Waals surface area contributed by atoms with E-state index >= 15 is 0 Å². The van der Waals surface area contributed by atoms with E-state index in [1.54, 1.807) is 0 Å². The molecule has 20 heavy (non-hydrogen) atoms. The normalized spacial score (nSPS) is 22.9. The van der Waals surface area contributed by atoms with Gasteiger partial charge < -0.3 is 25.6 Å². The number of aliphatic hydroxyl groups excluding tert-OH is 1. The third-order valence-corrected chi connectivity index (χ3v) is 3.37. The molecule has 4 N–H and O–H groups in total. The first-order chi connectivity index (χ1) is 9.43. The molecule has 110 valence electrons. The predicted octanol–water partition coefficient (Wildman–Crippen LogP) is 0.692. The molecule has 1 saturated heterocycles. The zero-order valence-corrected chi connectivity index (χ0v) is 11.0. The highest BCUT2D eigenvalue weighted by Gasteiger charge is 2.28. The lowest BCUT2D eigenvalue weighted by Gasteiger charge is -2.39. The van der Waals surface area contributed by atoms with Crippen molar-refractivity contribution in [3.63, 3.8) is 0 Å². The summed E-state index contributed by atoms with van der Waals surface area (Å²) in [6.07, 6.45) is -0.368.